The third-order valence-corrected chi connectivity index (χ3v) is 2.56. The summed E-state index contributed by atoms with van der Waals surface area (Å²) in [6, 6.07) is 0.627. The summed E-state index contributed by atoms with van der Waals surface area (Å²) >= 11 is 1.54. The highest BCUT2D eigenvalue weighted by molar-refractivity contribution is 14.1. The van der Waals surface area contributed by atoms with Gasteiger partial charge in [0, 0.05) is 0 Å². The molecule has 0 spiro atoms. The molecule has 1 aromatic carbocycles. The molecule has 0 aromatic heterocycles. The first kappa shape index (κ1) is 11.2. The minimum absolute atomic E-state index is 0.0763. The van der Waals surface area contributed by atoms with Crippen molar-refractivity contribution in [2.75, 3.05) is 7.11 Å². The van der Waals surface area contributed by atoms with Crippen LogP contribution in [0, 0.1) is 15.2 Å². The van der Waals surface area contributed by atoms with Crippen molar-refractivity contribution < 1.29 is 23.4 Å². The monoisotopic (exact) mass is 314 g/mol. The van der Waals surface area contributed by atoms with E-state index in [2.05, 4.69) is 4.74 Å². The van der Waals surface area contributed by atoms with E-state index in [-0.39, 0.29) is 9.32 Å². The number of rotatable bonds is 2. The number of ether oxygens (including phenoxy) is 1. The molecule has 0 aliphatic heterocycles. The highest BCUT2D eigenvalue weighted by Crippen LogP contribution is 2.29. The first-order valence-electron chi connectivity index (χ1n) is 3.43. The van der Waals surface area contributed by atoms with Crippen molar-refractivity contribution in [3.63, 3.8) is 0 Å². The van der Waals surface area contributed by atoms with Crippen LogP contribution in [0.2, 0.25) is 0 Å². The second-order valence-corrected chi connectivity index (χ2v) is 3.45. The summed E-state index contributed by atoms with van der Waals surface area (Å²) in [4.78, 5) is 10.5. The zero-order valence-corrected chi connectivity index (χ0v) is 9.13. The van der Waals surface area contributed by atoms with E-state index < -0.39 is 23.2 Å². The summed E-state index contributed by atoms with van der Waals surface area (Å²) in [6.07, 6.45) is 0. The predicted molar refractivity (Wildman–Crippen MR) is 52.6 cm³/mol. The number of carbonyl (C=O) groups is 1. The lowest BCUT2D eigenvalue weighted by Gasteiger charge is -2.07. The second-order valence-electron chi connectivity index (χ2n) is 2.37. The summed E-state index contributed by atoms with van der Waals surface area (Å²) in [7, 11) is 1.14. The Morgan fingerprint density at radius 3 is 2.57 bits per heavy atom. The van der Waals surface area contributed by atoms with Gasteiger partial charge in [0.05, 0.1) is 10.7 Å². The van der Waals surface area contributed by atoms with Crippen LogP contribution >= 0.6 is 22.6 Å². The molecule has 1 N–H and O–H groups in total. The van der Waals surface area contributed by atoms with Crippen LogP contribution in [0.15, 0.2) is 6.07 Å². The van der Waals surface area contributed by atoms with E-state index in [0.717, 1.165) is 7.11 Å². The van der Waals surface area contributed by atoms with Crippen LogP contribution in [0.3, 0.4) is 0 Å². The molecule has 0 saturated carbocycles. The molecule has 0 saturated heterocycles. The van der Waals surface area contributed by atoms with Gasteiger partial charge in [-0.05, 0) is 28.7 Å². The minimum Gasteiger partial charge on any atom is -0.492 e. The van der Waals surface area contributed by atoms with E-state index in [4.69, 9.17) is 5.11 Å². The number of aromatic carboxylic acids is 1. The molecule has 0 amide bonds. The molecule has 0 heterocycles. The molecule has 0 atom stereocenters. The summed E-state index contributed by atoms with van der Waals surface area (Å²) < 4.78 is 30.8. The van der Waals surface area contributed by atoms with Crippen LogP contribution < -0.4 is 4.74 Å². The van der Waals surface area contributed by atoms with Crippen molar-refractivity contribution in [3.8, 4) is 5.75 Å². The maximum absolute atomic E-state index is 13.3. The van der Waals surface area contributed by atoms with Gasteiger partial charge >= 0.3 is 5.97 Å². The molecular formula is C8H5F2IO3. The summed E-state index contributed by atoms with van der Waals surface area (Å²) in [6.45, 7) is 0. The van der Waals surface area contributed by atoms with Crippen molar-refractivity contribution >= 4 is 28.6 Å². The number of hydrogen-bond acceptors (Lipinski definition) is 2. The average molecular weight is 314 g/mol. The van der Waals surface area contributed by atoms with Gasteiger partial charge in [-0.3, -0.25) is 0 Å². The van der Waals surface area contributed by atoms with Crippen LogP contribution in [-0.4, -0.2) is 18.2 Å². The van der Waals surface area contributed by atoms with E-state index in [9.17, 15) is 13.6 Å². The van der Waals surface area contributed by atoms with E-state index in [1.807, 2.05) is 0 Å². The lowest BCUT2D eigenvalue weighted by Crippen LogP contribution is -2.05. The summed E-state index contributed by atoms with van der Waals surface area (Å²) in [5.41, 5.74) is -0.736. The molecular weight excluding hydrogens is 309 g/mol. The molecule has 1 aromatic rings. The quantitative estimate of drug-likeness (QED) is 0.673. The maximum Gasteiger partial charge on any atom is 0.338 e. The van der Waals surface area contributed by atoms with E-state index >= 15 is 0 Å². The zero-order chi connectivity index (χ0) is 10.9. The van der Waals surface area contributed by atoms with Crippen LogP contribution in [0.4, 0.5) is 8.78 Å². The Labute approximate surface area is 91.8 Å². The summed E-state index contributed by atoms with van der Waals surface area (Å²) in [5.74, 6) is -3.80. The molecule has 3 nitrogen and oxygen atoms in total. The predicted octanol–water partition coefficient (Wildman–Crippen LogP) is 2.28. The largest absolute Gasteiger partial charge is 0.492 e. The number of benzene rings is 1. The molecule has 0 aliphatic carbocycles. The Bertz CT molecular complexity index is 393. The molecule has 0 radical (unpaired) electrons. The lowest BCUT2D eigenvalue weighted by molar-refractivity contribution is 0.0690. The van der Waals surface area contributed by atoms with Crippen molar-refractivity contribution in [1.82, 2.24) is 0 Å². The Hall–Kier alpha value is -0.920. The van der Waals surface area contributed by atoms with Gasteiger partial charge in [0.1, 0.15) is 11.4 Å². The Balaban J connectivity index is 3.50. The number of halogens is 3. The van der Waals surface area contributed by atoms with Crippen molar-refractivity contribution in [2.45, 2.75) is 0 Å². The Morgan fingerprint density at radius 1 is 1.57 bits per heavy atom. The number of methoxy groups -OCH3 is 1. The molecule has 1 rings (SSSR count). The third-order valence-electron chi connectivity index (χ3n) is 1.55. The van der Waals surface area contributed by atoms with Gasteiger partial charge in [0.2, 0.25) is 0 Å². The first-order chi connectivity index (χ1) is 6.49. The lowest BCUT2D eigenvalue weighted by atomic mass is 10.2. The number of carboxylic acids is 1. The third kappa shape index (κ3) is 1.79. The maximum atomic E-state index is 13.3. The van der Waals surface area contributed by atoms with Gasteiger partial charge < -0.3 is 9.84 Å². The number of hydrogen-bond donors (Lipinski definition) is 1. The van der Waals surface area contributed by atoms with Gasteiger partial charge in [-0.25, -0.2) is 13.6 Å². The summed E-state index contributed by atoms with van der Waals surface area (Å²) in [5, 5.41) is 8.54. The highest BCUT2D eigenvalue weighted by atomic mass is 127. The molecule has 0 fully saturated rings. The SMILES string of the molecule is COc1c(F)c(C(=O)O)cc(F)c1I. The van der Waals surface area contributed by atoms with Gasteiger partial charge in [-0.1, -0.05) is 0 Å². The standard InChI is InChI=1S/C8H5F2IO3/c1-14-7-5(10)3(8(12)13)2-4(9)6(7)11/h2H,1H3,(H,12,13). The normalized spacial score (nSPS) is 10.0. The van der Waals surface area contributed by atoms with Crippen molar-refractivity contribution in [2.24, 2.45) is 0 Å². The van der Waals surface area contributed by atoms with Gasteiger partial charge in [-0.2, -0.15) is 0 Å². The van der Waals surface area contributed by atoms with Crippen molar-refractivity contribution in [3.05, 3.63) is 26.8 Å². The zero-order valence-electron chi connectivity index (χ0n) is 6.97. The second kappa shape index (κ2) is 4.07. The van der Waals surface area contributed by atoms with Crippen LogP contribution in [-0.2, 0) is 0 Å². The van der Waals surface area contributed by atoms with E-state index in [0.29, 0.717) is 6.07 Å². The Kier molecular flexibility index (Phi) is 3.25. The Morgan fingerprint density at radius 2 is 2.14 bits per heavy atom. The van der Waals surface area contributed by atoms with Crippen LogP contribution in [0.25, 0.3) is 0 Å². The first-order valence-corrected chi connectivity index (χ1v) is 4.51. The molecule has 14 heavy (non-hydrogen) atoms. The average Bonchev–Trinajstić information content (AvgIpc) is 2.12. The topological polar surface area (TPSA) is 46.5 Å². The highest BCUT2D eigenvalue weighted by Gasteiger charge is 2.21. The molecule has 0 bridgehead atoms. The van der Waals surface area contributed by atoms with Crippen LogP contribution in [0.1, 0.15) is 10.4 Å². The fourth-order valence-corrected chi connectivity index (χ4v) is 1.53. The fourth-order valence-electron chi connectivity index (χ4n) is 0.915. The van der Waals surface area contributed by atoms with Gasteiger partial charge in [0.25, 0.3) is 0 Å². The molecule has 6 heteroatoms. The van der Waals surface area contributed by atoms with Gasteiger partial charge in [0.15, 0.2) is 11.6 Å². The minimum atomic E-state index is -1.53. The van der Waals surface area contributed by atoms with E-state index in [1.54, 1.807) is 0 Å². The fraction of sp³-hybridized carbons (Fsp3) is 0.125. The van der Waals surface area contributed by atoms with Crippen molar-refractivity contribution in [1.29, 1.82) is 0 Å². The smallest absolute Gasteiger partial charge is 0.338 e. The van der Waals surface area contributed by atoms with Gasteiger partial charge in [-0.15, -0.1) is 0 Å². The molecule has 0 unspecified atom stereocenters. The van der Waals surface area contributed by atoms with E-state index in [1.165, 1.54) is 22.6 Å². The molecule has 76 valence electrons. The molecule has 0 aliphatic rings. The van der Waals surface area contributed by atoms with Crippen LogP contribution in [0.5, 0.6) is 5.75 Å². The number of carboxylic acid groups (broad SMARTS) is 1.